The van der Waals surface area contributed by atoms with Crippen molar-refractivity contribution in [2.75, 3.05) is 6.54 Å². The van der Waals surface area contributed by atoms with E-state index < -0.39 is 0 Å². The van der Waals surface area contributed by atoms with Crippen LogP contribution in [0.5, 0.6) is 5.75 Å². The molecule has 5 heteroatoms. The first-order chi connectivity index (χ1) is 13.3. The number of benzene rings is 2. The zero-order valence-electron chi connectivity index (χ0n) is 15.5. The van der Waals surface area contributed by atoms with Crippen LogP contribution in [0.3, 0.4) is 0 Å². The fourth-order valence-corrected chi connectivity index (χ4v) is 3.30. The summed E-state index contributed by atoms with van der Waals surface area (Å²) >= 11 is 0. The van der Waals surface area contributed by atoms with E-state index in [1.807, 2.05) is 64.1 Å². The lowest BCUT2D eigenvalue weighted by atomic mass is 10.1. The minimum absolute atomic E-state index is 0.0196. The van der Waals surface area contributed by atoms with E-state index in [2.05, 4.69) is 11.9 Å². The van der Waals surface area contributed by atoms with E-state index in [1.165, 1.54) is 0 Å². The van der Waals surface area contributed by atoms with Gasteiger partial charge in [-0.3, -0.25) is 4.79 Å². The quantitative estimate of drug-likeness (QED) is 0.629. The molecule has 0 aliphatic carbocycles. The van der Waals surface area contributed by atoms with Gasteiger partial charge in [-0.2, -0.15) is 0 Å². The molecule has 1 aliphatic rings. The Bertz CT molecular complexity index is 934. The van der Waals surface area contributed by atoms with Crippen LogP contribution in [0.1, 0.15) is 35.9 Å². The Balaban J connectivity index is 1.52. The summed E-state index contributed by atoms with van der Waals surface area (Å²) in [6, 6.07) is 18.1. The first kappa shape index (κ1) is 17.3. The van der Waals surface area contributed by atoms with Crippen LogP contribution in [0.2, 0.25) is 0 Å². The fourth-order valence-electron chi connectivity index (χ4n) is 3.30. The molecule has 0 spiro atoms. The third kappa shape index (κ3) is 3.58. The number of ether oxygens (including phenoxy) is 1. The van der Waals surface area contributed by atoms with Crippen molar-refractivity contribution >= 4 is 5.91 Å². The second-order valence-electron chi connectivity index (χ2n) is 6.76. The van der Waals surface area contributed by atoms with E-state index in [0.29, 0.717) is 19.1 Å². The number of carbonyl (C=O) groups excluding carboxylic acids is 1. The molecule has 1 aliphatic heterocycles. The van der Waals surface area contributed by atoms with Crippen LogP contribution in [-0.2, 0) is 13.3 Å². The lowest BCUT2D eigenvalue weighted by Crippen LogP contribution is -2.25. The van der Waals surface area contributed by atoms with Gasteiger partial charge in [-0.15, -0.1) is 0 Å². The van der Waals surface area contributed by atoms with Crippen molar-refractivity contribution in [3.8, 4) is 17.0 Å². The highest BCUT2D eigenvalue weighted by Crippen LogP contribution is 2.28. The number of nitrogens with zero attached hydrogens (tertiary/aromatic N) is 3. The number of unbranched alkanes of at least 4 members (excludes halogenated alkanes) is 1. The van der Waals surface area contributed by atoms with E-state index in [4.69, 9.17) is 4.74 Å². The number of carbonyl (C=O) groups is 1. The van der Waals surface area contributed by atoms with Crippen LogP contribution in [0.15, 0.2) is 60.8 Å². The average molecular weight is 361 g/mol. The van der Waals surface area contributed by atoms with Gasteiger partial charge in [-0.1, -0.05) is 55.8 Å². The second kappa shape index (κ2) is 7.66. The minimum Gasteiger partial charge on any atom is -0.489 e. The molecule has 4 rings (SSSR count). The van der Waals surface area contributed by atoms with Gasteiger partial charge in [0.25, 0.3) is 5.91 Å². The van der Waals surface area contributed by atoms with Gasteiger partial charge < -0.3 is 14.2 Å². The molecule has 0 fully saturated rings. The topological polar surface area (TPSA) is 47.4 Å². The zero-order chi connectivity index (χ0) is 18.6. The van der Waals surface area contributed by atoms with Gasteiger partial charge in [0.2, 0.25) is 5.82 Å². The number of amides is 1. The Kier molecular flexibility index (Phi) is 4.92. The van der Waals surface area contributed by atoms with E-state index in [-0.39, 0.29) is 5.91 Å². The summed E-state index contributed by atoms with van der Waals surface area (Å²) < 4.78 is 7.93. The number of aromatic nitrogens is 2. The van der Waals surface area contributed by atoms with Gasteiger partial charge in [0.1, 0.15) is 12.4 Å². The summed E-state index contributed by atoms with van der Waals surface area (Å²) in [5, 5.41) is 0. The van der Waals surface area contributed by atoms with Gasteiger partial charge in [0, 0.05) is 12.1 Å². The second-order valence-corrected chi connectivity index (χ2v) is 6.76. The van der Waals surface area contributed by atoms with Crippen molar-refractivity contribution in [3.05, 3.63) is 72.2 Å². The number of hydrogen-bond donors (Lipinski definition) is 0. The Hall–Kier alpha value is -3.08. The maximum Gasteiger partial charge on any atom is 0.291 e. The summed E-state index contributed by atoms with van der Waals surface area (Å²) in [6.45, 7) is 4.00. The van der Waals surface area contributed by atoms with Gasteiger partial charge in [0.15, 0.2) is 0 Å². The molecule has 1 amide bonds. The van der Waals surface area contributed by atoms with Crippen molar-refractivity contribution in [2.24, 2.45) is 0 Å². The van der Waals surface area contributed by atoms with Gasteiger partial charge in [-0.05, 0) is 24.1 Å². The minimum atomic E-state index is 0.0196. The molecule has 0 saturated carbocycles. The van der Waals surface area contributed by atoms with Crippen molar-refractivity contribution in [1.82, 2.24) is 14.5 Å². The molecular weight excluding hydrogens is 338 g/mol. The maximum absolute atomic E-state index is 12.5. The van der Waals surface area contributed by atoms with Gasteiger partial charge >= 0.3 is 0 Å². The highest BCUT2D eigenvalue weighted by molar-refractivity contribution is 5.93. The average Bonchev–Trinajstić information content (AvgIpc) is 3.26. The number of imidazole rings is 1. The molecule has 0 radical (unpaired) electrons. The number of rotatable bonds is 7. The van der Waals surface area contributed by atoms with Crippen LogP contribution in [-0.4, -0.2) is 26.9 Å². The molecule has 0 saturated heterocycles. The Morgan fingerprint density at radius 2 is 1.96 bits per heavy atom. The zero-order valence-corrected chi connectivity index (χ0v) is 15.5. The van der Waals surface area contributed by atoms with E-state index in [1.54, 1.807) is 6.20 Å². The molecule has 5 nitrogen and oxygen atoms in total. The monoisotopic (exact) mass is 361 g/mol. The van der Waals surface area contributed by atoms with Crippen molar-refractivity contribution in [2.45, 2.75) is 33.0 Å². The van der Waals surface area contributed by atoms with Crippen molar-refractivity contribution in [3.63, 3.8) is 0 Å². The van der Waals surface area contributed by atoms with Crippen LogP contribution in [0.4, 0.5) is 0 Å². The normalized spacial score (nSPS) is 13.1. The molecule has 0 bridgehead atoms. The van der Waals surface area contributed by atoms with Crippen LogP contribution in [0.25, 0.3) is 11.3 Å². The first-order valence-electron chi connectivity index (χ1n) is 9.38. The smallest absolute Gasteiger partial charge is 0.291 e. The summed E-state index contributed by atoms with van der Waals surface area (Å²) in [7, 11) is 0. The molecule has 2 heterocycles. The first-order valence-corrected chi connectivity index (χ1v) is 9.38. The Labute approximate surface area is 159 Å². The van der Waals surface area contributed by atoms with Gasteiger partial charge in [-0.25, -0.2) is 4.98 Å². The molecule has 2 aromatic carbocycles. The number of fused-ring (bicyclic) bond motifs is 1. The van der Waals surface area contributed by atoms with Crippen LogP contribution in [0, 0.1) is 0 Å². The maximum atomic E-state index is 12.5. The standard InChI is InChI=1S/C22H23N3O2/c1-2-3-12-24-16-25-20(14-23-21(25)22(24)26)18-10-7-11-19(13-18)27-15-17-8-5-4-6-9-17/h4-11,13-14H,2-3,12,15-16H2,1H3. The summed E-state index contributed by atoms with van der Waals surface area (Å²) in [5.41, 5.74) is 3.08. The molecular formula is C22H23N3O2. The van der Waals surface area contributed by atoms with Crippen molar-refractivity contribution < 1.29 is 9.53 Å². The lowest BCUT2D eigenvalue weighted by Gasteiger charge is -2.15. The van der Waals surface area contributed by atoms with Crippen LogP contribution < -0.4 is 4.74 Å². The SMILES string of the molecule is CCCCN1Cn2c(-c3cccc(OCc4ccccc4)c3)cnc2C1=O. The molecule has 3 aromatic rings. The van der Waals surface area contributed by atoms with E-state index in [0.717, 1.165) is 42.0 Å². The molecule has 0 atom stereocenters. The highest BCUT2D eigenvalue weighted by Gasteiger charge is 2.30. The van der Waals surface area contributed by atoms with E-state index in [9.17, 15) is 4.79 Å². The summed E-state index contributed by atoms with van der Waals surface area (Å²) in [6.07, 6.45) is 3.86. The van der Waals surface area contributed by atoms with Crippen molar-refractivity contribution in [1.29, 1.82) is 0 Å². The third-order valence-electron chi connectivity index (χ3n) is 4.81. The molecule has 0 N–H and O–H groups in total. The van der Waals surface area contributed by atoms with E-state index >= 15 is 0 Å². The number of hydrogen-bond acceptors (Lipinski definition) is 3. The molecule has 1 aromatic heterocycles. The van der Waals surface area contributed by atoms with Crippen LogP contribution >= 0.6 is 0 Å². The summed E-state index contributed by atoms with van der Waals surface area (Å²) in [5.74, 6) is 1.35. The summed E-state index contributed by atoms with van der Waals surface area (Å²) in [4.78, 5) is 18.7. The highest BCUT2D eigenvalue weighted by atomic mass is 16.5. The van der Waals surface area contributed by atoms with Gasteiger partial charge in [0.05, 0.1) is 18.6 Å². The molecule has 0 unspecified atom stereocenters. The molecule has 138 valence electrons. The Morgan fingerprint density at radius 1 is 1.11 bits per heavy atom. The fraction of sp³-hybridized carbons (Fsp3) is 0.273. The Morgan fingerprint density at radius 3 is 2.78 bits per heavy atom. The largest absolute Gasteiger partial charge is 0.489 e. The third-order valence-corrected chi connectivity index (χ3v) is 4.81. The predicted octanol–water partition coefficient (Wildman–Crippen LogP) is 4.34. The lowest BCUT2D eigenvalue weighted by molar-refractivity contribution is 0.0764. The molecule has 27 heavy (non-hydrogen) atoms. The predicted molar refractivity (Wildman–Crippen MR) is 104 cm³/mol.